The monoisotopic (exact) mass is 455 g/mol. The second-order valence-corrected chi connectivity index (χ2v) is 7.40. The predicted molar refractivity (Wildman–Crippen MR) is 106 cm³/mol. The number of benzene rings is 1. The van der Waals surface area contributed by atoms with Crippen LogP contribution in [0, 0.1) is 0 Å². The van der Waals surface area contributed by atoms with Crippen LogP contribution in [0.5, 0.6) is 0 Å². The fourth-order valence-electron chi connectivity index (χ4n) is 2.54. The van der Waals surface area contributed by atoms with Crippen molar-refractivity contribution in [1.29, 1.82) is 0 Å². The van der Waals surface area contributed by atoms with Crippen molar-refractivity contribution in [3.05, 3.63) is 62.9 Å². The maximum atomic E-state index is 12.6. The Bertz CT molecular complexity index is 924. The number of rotatable bonds is 6. The largest absolute Gasteiger partial charge is 0.306 e. The molecule has 6 nitrogen and oxygen atoms in total. The lowest BCUT2D eigenvalue weighted by Gasteiger charge is -2.14. The summed E-state index contributed by atoms with van der Waals surface area (Å²) in [6, 6.07) is 7.05. The first-order valence-corrected chi connectivity index (χ1v) is 9.49. The third-order valence-corrected chi connectivity index (χ3v) is 4.88. The molecule has 1 unspecified atom stereocenters. The average Bonchev–Trinajstić information content (AvgIpc) is 3.17. The molecule has 1 amide bonds. The van der Waals surface area contributed by atoms with Crippen LogP contribution < -0.4 is 5.32 Å². The number of carbonyl (C=O) groups is 1. The van der Waals surface area contributed by atoms with Gasteiger partial charge in [0.25, 0.3) is 0 Å². The molecule has 0 saturated carbocycles. The first-order valence-electron chi connectivity index (χ1n) is 7.94. The molecule has 0 aliphatic rings. The van der Waals surface area contributed by atoms with Crippen LogP contribution in [0.3, 0.4) is 0 Å². The molecular formula is C17H16BrCl2N5O. The lowest BCUT2D eigenvalue weighted by atomic mass is 10.2. The van der Waals surface area contributed by atoms with E-state index < -0.39 is 6.04 Å². The minimum absolute atomic E-state index is 0.229. The van der Waals surface area contributed by atoms with E-state index in [1.54, 1.807) is 28.0 Å². The molecule has 2 aromatic heterocycles. The molecule has 1 N–H and O–H groups in total. The molecule has 0 bridgehead atoms. The topological polar surface area (TPSA) is 64.7 Å². The fourth-order valence-corrected chi connectivity index (χ4v) is 3.24. The molecule has 0 aliphatic carbocycles. The molecule has 0 fully saturated rings. The highest BCUT2D eigenvalue weighted by Gasteiger charge is 2.21. The summed E-state index contributed by atoms with van der Waals surface area (Å²) < 4.78 is 4.06. The summed E-state index contributed by atoms with van der Waals surface area (Å²) in [6.45, 7) is 2.37. The van der Waals surface area contributed by atoms with Crippen LogP contribution in [0.2, 0.25) is 10.0 Å². The molecule has 3 aromatic rings. The standard InChI is InChI=1S/C17H16BrCl2N5O/c1-2-15(25-9-12(18)7-21-25)17(26)22-16-14(20)10-24(23-16)8-11-5-3-4-6-13(11)19/h3-7,9-10,15H,2,8H2,1H3,(H,22,23,26). The molecule has 9 heteroatoms. The number of hydrogen-bond donors (Lipinski definition) is 1. The maximum absolute atomic E-state index is 12.6. The van der Waals surface area contributed by atoms with E-state index in [1.807, 2.05) is 31.2 Å². The van der Waals surface area contributed by atoms with Crippen molar-refractivity contribution in [3.8, 4) is 0 Å². The van der Waals surface area contributed by atoms with Crippen LogP contribution >= 0.6 is 39.1 Å². The Labute approximate surface area is 169 Å². The van der Waals surface area contributed by atoms with Crippen molar-refractivity contribution in [1.82, 2.24) is 19.6 Å². The highest BCUT2D eigenvalue weighted by Crippen LogP contribution is 2.24. The molecular weight excluding hydrogens is 441 g/mol. The van der Waals surface area contributed by atoms with Crippen LogP contribution in [0.1, 0.15) is 24.9 Å². The third-order valence-electron chi connectivity index (χ3n) is 3.83. The lowest BCUT2D eigenvalue weighted by Crippen LogP contribution is -2.26. The van der Waals surface area contributed by atoms with E-state index in [9.17, 15) is 4.79 Å². The fraction of sp³-hybridized carbons (Fsp3) is 0.235. The normalized spacial score (nSPS) is 12.2. The van der Waals surface area contributed by atoms with Gasteiger partial charge < -0.3 is 5.32 Å². The van der Waals surface area contributed by atoms with Gasteiger partial charge in [0.15, 0.2) is 5.82 Å². The van der Waals surface area contributed by atoms with Gasteiger partial charge in [-0.3, -0.25) is 14.2 Å². The van der Waals surface area contributed by atoms with Gasteiger partial charge in [0.05, 0.1) is 17.2 Å². The Balaban J connectivity index is 1.74. The van der Waals surface area contributed by atoms with Gasteiger partial charge >= 0.3 is 0 Å². The van der Waals surface area contributed by atoms with Crippen LogP contribution in [0.4, 0.5) is 5.82 Å². The van der Waals surface area contributed by atoms with E-state index in [0.29, 0.717) is 28.8 Å². The van der Waals surface area contributed by atoms with Gasteiger partial charge in [0.2, 0.25) is 5.91 Å². The van der Waals surface area contributed by atoms with E-state index in [0.717, 1.165) is 10.0 Å². The summed E-state index contributed by atoms with van der Waals surface area (Å²) >= 11 is 15.7. The van der Waals surface area contributed by atoms with E-state index >= 15 is 0 Å². The number of anilines is 1. The highest BCUT2D eigenvalue weighted by molar-refractivity contribution is 9.10. The SMILES string of the molecule is CCC(C(=O)Nc1nn(Cc2ccccc2Cl)cc1Cl)n1cc(Br)cn1. The molecule has 1 aromatic carbocycles. The molecule has 136 valence electrons. The first kappa shape index (κ1) is 18.9. The summed E-state index contributed by atoms with van der Waals surface area (Å²) in [5, 5.41) is 12.3. The van der Waals surface area contributed by atoms with Gasteiger partial charge in [-0.1, -0.05) is 48.3 Å². The Hall–Kier alpha value is -1.83. The number of carbonyl (C=O) groups excluding carboxylic acids is 1. The summed E-state index contributed by atoms with van der Waals surface area (Å²) in [6.07, 6.45) is 5.64. The molecule has 26 heavy (non-hydrogen) atoms. The lowest BCUT2D eigenvalue weighted by molar-refractivity contribution is -0.119. The maximum Gasteiger partial charge on any atom is 0.250 e. The Morgan fingerprint density at radius 3 is 2.69 bits per heavy atom. The minimum Gasteiger partial charge on any atom is -0.306 e. The van der Waals surface area contributed by atoms with E-state index in [-0.39, 0.29) is 5.91 Å². The first-order chi connectivity index (χ1) is 12.5. The molecule has 0 saturated heterocycles. The molecule has 0 spiro atoms. The second kappa shape index (κ2) is 8.24. The van der Waals surface area contributed by atoms with Crippen molar-refractivity contribution in [3.63, 3.8) is 0 Å². The Morgan fingerprint density at radius 1 is 1.27 bits per heavy atom. The number of nitrogens with zero attached hydrogens (tertiary/aromatic N) is 4. The quantitative estimate of drug-likeness (QED) is 0.580. The number of amides is 1. The van der Waals surface area contributed by atoms with Crippen LogP contribution in [-0.2, 0) is 11.3 Å². The van der Waals surface area contributed by atoms with Crippen molar-refractivity contribution in [2.24, 2.45) is 0 Å². The van der Waals surface area contributed by atoms with E-state index in [4.69, 9.17) is 23.2 Å². The van der Waals surface area contributed by atoms with Crippen molar-refractivity contribution in [2.45, 2.75) is 25.9 Å². The average molecular weight is 457 g/mol. The van der Waals surface area contributed by atoms with E-state index in [1.165, 1.54) is 0 Å². The van der Waals surface area contributed by atoms with Gasteiger partial charge in [-0.15, -0.1) is 0 Å². The second-order valence-electron chi connectivity index (χ2n) is 5.67. The van der Waals surface area contributed by atoms with Crippen molar-refractivity contribution < 1.29 is 4.79 Å². The Morgan fingerprint density at radius 2 is 2.04 bits per heavy atom. The molecule has 3 rings (SSSR count). The summed E-state index contributed by atoms with van der Waals surface area (Å²) in [4.78, 5) is 12.6. The smallest absolute Gasteiger partial charge is 0.250 e. The van der Waals surface area contributed by atoms with Gasteiger partial charge in [0, 0.05) is 17.4 Å². The molecule has 0 aliphatic heterocycles. The summed E-state index contributed by atoms with van der Waals surface area (Å²) in [5.41, 5.74) is 0.916. The molecule has 2 heterocycles. The summed E-state index contributed by atoms with van der Waals surface area (Å²) in [5.74, 6) is 0.0846. The van der Waals surface area contributed by atoms with Crippen molar-refractivity contribution in [2.75, 3.05) is 5.32 Å². The molecule has 1 atom stereocenters. The zero-order valence-corrected chi connectivity index (χ0v) is 17.0. The van der Waals surface area contributed by atoms with Crippen LogP contribution in [0.15, 0.2) is 47.3 Å². The minimum atomic E-state index is -0.453. The zero-order valence-electron chi connectivity index (χ0n) is 13.9. The van der Waals surface area contributed by atoms with Crippen molar-refractivity contribution >= 4 is 50.9 Å². The van der Waals surface area contributed by atoms with Gasteiger partial charge in [-0.05, 0) is 34.0 Å². The molecule has 0 radical (unpaired) electrons. The predicted octanol–water partition coefficient (Wildman–Crippen LogP) is 4.79. The Kier molecular flexibility index (Phi) is 6.01. The van der Waals surface area contributed by atoms with Crippen LogP contribution in [0.25, 0.3) is 0 Å². The number of nitrogens with one attached hydrogen (secondary N) is 1. The van der Waals surface area contributed by atoms with Gasteiger partial charge in [-0.2, -0.15) is 10.2 Å². The zero-order chi connectivity index (χ0) is 18.7. The number of aromatic nitrogens is 4. The summed E-state index contributed by atoms with van der Waals surface area (Å²) in [7, 11) is 0. The number of halogens is 3. The number of hydrogen-bond acceptors (Lipinski definition) is 3. The van der Waals surface area contributed by atoms with Gasteiger partial charge in [-0.25, -0.2) is 0 Å². The highest BCUT2D eigenvalue weighted by atomic mass is 79.9. The van der Waals surface area contributed by atoms with E-state index in [2.05, 4.69) is 31.4 Å². The van der Waals surface area contributed by atoms with Gasteiger partial charge in [0.1, 0.15) is 11.1 Å². The van der Waals surface area contributed by atoms with Crippen LogP contribution in [-0.4, -0.2) is 25.5 Å². The third kappa shape index (κ3) is 4.28.